The maximum absolute atomic E-state index is 3.32. The zero-order chi connectivity index (χ0) is 11.8. The second-order valence-electron chi connectivity index (χ2n) is 5.93. The maximum Gasteiger partial charge on any atom is 0.0277 e. The molecule has 3 heteroatoms. The van der Waals surface area contributed by atoms with Crippen molar-refractivity contribution in [2.75, 3.05) is 46.3 Å². The minimum absolute atomic E-state index is 0.320. The molecule has 0 aromatic heterocycles. The molecule has 2 aliphatic rings. The number of likely N-dealkylation sites (N-methyl/N-ethyl adjacent to an activating group) is 1. The van der Waals surface area contributed by atoms with E-state index in [4.69, 9.17) is 0 Å². The predicted octanol–water partition coefficient (Wildman–Crippen LogP) is 0.932. The standard InChI is InChI=1S/C13H25N3/c1-11(12-7-14-8-12)9-16-6-5-15(4)13(2,3)10-16/h14H,5-10H2,1-4H3. The molecule has 16 heavy (non-hydrogen) atoms. The van der Waals surface area contributed by atoms with Crippen LogP contribution in [0.25, 0.3) is 0 Å². The average Bonchev–Trinajstić information content (AvgIpc) is 2.07. The maximum atomic E-state index is 3.32. The molecule has 0 atom stereocenters. The Morgan fingerprint density at radius 2 is 2.00 bits per heavy atom. The zero-order valence-electron chi connectivity index (χ0n) is 11.1. The Morgan fingerprint density at radius 1 is 1.31 bits per heavy atom. The third-order valence-corrected chi connectivity index (χ3v) is 4.14. The molecule has 0 aromatic carbocycles. The highest BCUT2D eigenvalue weighted by Gasteiger charge is 2.31. The Balaban J connectivity index is 1.92. The first kappa shape index (κ1) is 12.1. The van der Waals surface area contributed by atoms with Crippen molar-refractivity contribution >= 4 is 0 Å². The normalized spacial score (nSPS) is 26.6. The lowest BCUT2D eigenvalue weighted by atomic mass is 9.98. The van der Waals surface area contributed by atoms with Crippen LogP contribution >= 0.6 is 0 Å². The summed E-state index contributed by atoms with van der Waals surface area (Å²) in [6.07, 6.45) is 0. The van der Waals surface area contributed by atoms with Crippen LogP contribution in [0.2, 0.25) is 0 Å². The van der Waals surface area contributed by atoms with Crippen molar-refractivity contribution in [1.82, 2.24) is 15.1 Å². The molecule has 2 fully saturated rings. The van der Waals surface area contributed by atoms with Crippen molar-refractivity contribution in [3.63, 3.8) is 0 Å². The van der Waals surface area contributed by atoms with Crippen molar-refractivity contribution < 1.29 is 0 Å². The molecule has 0 saturated carbocycles. The summed E-state index contributed by atoms with van der Waals surface area (Å²) in [7, 11) is 2.23. The molecule has 92 valence electrons. The third kappa shape index (κ3) is 2.47. The van der Waals surface area contributed by atoms with E-state index in [0.29, 0.717) is 5.54 Å². The van der Waals surface area contributed by atoms with E-state index in [0.717, 1.165) is 19.6 Å². The lowest BCUT2D eigenvalue weighted by Gasteiger charge is -2.45. The van der Waals surface area contributed by atoms with Crippen LogP contribution in [-0.2, 0) is 0 Å². The minimum Gasteiger partial charge on any atom is -0.309 e. The summed E-state index contributed by atoms with van der Waals surface area (Å²) >= 11 is 0. The van der Waals surface area contributed by atoms with Gasteiger partial charge in [0.1, 0.15) is 0 Å². The fourth-order valence-corrected chi connectivity index (χ4v) is 2.48. The van der Waals surface area contributed by atoms with Crippen LogP contribution in [-0.4, -0.2) is 61.7 Å². The van der Waals surface area contributed by atoms with Crippen LogP contribution in [0.15, 0.2) is 11.1 Å². The lowest BCUT2D eigenvalue weighted by molar-refractivity contribution is 0.0448. The summed E-state index contributed by atoms with van der Waals surface area (Å²) in [5.74, 6) is 0. The summed E-state index contributed by atoms with van der Waals surface area (Å²) in [4.78, 5) is 5.07. The van der Waals surface area contributed by atoms with Crippen molar-refractivity contribution in [2.45, 2.75) is 26.3 Å². The largest absolute Gasteiger partial charge is 0.309 e. The summed E-state index contributed by atoms with van der Waals surface area (Å²) in [6, 6.07) is 0. The highest BCUT2D eigenvalue weighted by atomic mass is 15.3. The van der Waals surface area contributed by atoms with E-state index < -0.39 is 0 Å². The van der Waals surface area contributed by atoms with Gasteiger partial charge in [0.15, 0.2) is 0 Å². The van der Waals surface area contributed by atoms with Crippen LogP contribution in [0.1, 0.15) is 20.8 Å². The van der Waals surface area contributed by atoms with Gasteiger partial charge in [-0.2, -0.15) is 0 Å². The van der Waals surface area contributed by atoms with Crippen molar-refractivity contribution in [3.8, 4) is 0 Å². The van der Waals surface area contributed by atoms with E-state index in [-0.39, 0.29) is 0 Å². The Bertz CT molecular complexity index is 288. The minimum atomic E-state index is 0.320. The number of nitrogens with zero attached hydrogens (tertiary/aromatic N) is 2. The van der Waals surface area contributed by atoms with E-state index in [1.165, 1.54) is 19.6 Å². The fourth-order valence-electron chi connectivity index (χ4n) is 2.48. The van der Waals surface area contributed by atoms with Gasteiger partial charge in [0.2, 0.25) is 0 Å². The molecule has 0 spiro atoms. The smallest absolute Gasteiger partial charge is 0.0277 e. The topological polar surface area (TPSA) is 18.5 Å². The van der Waals surface area contributed by atoms with E-state index in [1.807, 2.05) is 0 Å². The zero-order valence-corrected chi connectivity index (χ0v) is 11.1. The number of nitrogens with one attached hydrogen (secondary N) is 1. The Morgan fingerprint density at radius 3 is 2.50 bits per heavy atom. The molecule has 0 amide bonds. The fraction of sp³-hybridized carbons (Fsp3) is 0.846. The molecule has 0 radical (unpaired) electrons. The average molecular weight is 223 g/mol. The van der Waals surface area contributed by atoms with Gasteiger partial charge in [0.25, 0.3) is 0 Å². The number of hydrogen-bond donors (Lipinski definition) is 1. The quantitative estimate of drug-likeness (QED) is 0.703. The van der Waals surface area contributed by atoms with E-state index in [2.05, 4.69) is 42.9 Å². The summed E-state index contributed by atoms with van der Waals surface area (Å²) in [6.45, 7) is 13.9. The Labute approximate surface area is 99.5 Å². The van der Waals surface area contributed by atoms with Crippen LogP contribution < -0.4 is 5.32 Å². The number of hydrogen-bond acceptors (Lipinski definition) is 3. The molecule has 0 aliphatic carbocycles. The van der Waals surface area contributed by atoms with Crippen LogP contribution in [0, 0.1) is 0 Å². The highest BCUT2D eigenvalue weighted by Crippen LogP contribution is 2.20. The molecule has 3 nitrogen and oxygen atoms in total. The van der Waals surface area contributed by atoms with Gasteiger partial charge >= 0.3 is 0 Å². The molecule has 0 aromatic rings. The van der Waals surface area contributed by atoms with Crippen LogP contribution in [0.4, 0.5) is 0 Å². The number of rotatable bonds is 2. The monoisotopic (exact) mass is 223 g/mol. The molecule has 0 bridgehead atoms. The van der Waals surface area contributed by atoms with Gasteiger partial charge < -0.3 is 5.32 Å². The second kappa shape index (κ2) is 4.47. The summed E-state index contributed by atoms with van der Waals surface area (Å²) in [5, 5.41) is 3.32. The van der Waals surface area contributed by atoms with Crippen molar-refractivity contribution in [1.29, 1.82) is 0 Å². The van der Waals surface area contributed by atoms with Gasteiger partial charge in [-0.25, -0.2) is 0 Å². The SMILES string of the molecule is CC(CN1CCN(C)C(C)(C)C1)=C1CNC1. The van der Waals surface area contributed by atoms with Gasteiger partial charge in [-0.3, -0.25) is 9.80 Å². The van der Waals surface area contributed by atoms with Gasteiger partial charge in [0.05, 0.1) is 0 Å². The molecular weight excluding hydrogens is 198 g/mol. The van der Waals surface area contributed by atoms with Gasteiger partial charge in [-0.1, -0.05) is 5.57 Å². The first-order chi connectivity index (χ1) is 7.49. The second-order valence-corrected chi connectivity index (χ2v) is 5.93. The Hall–Kier alpha value is -0.380. The molecule has 2 rings (SSSR count). The molecule has 2 aliphatic heterocycles. The van der Waals surface area contributed by atoms with E-state index in [9.17, 15) is 0 Å². The number of piperazine rings is 1. The van der Waals surface area contributed by atoms with E-state index >= 15 is 0 Å². The molecular formula is C13H25N3. The molecule has 2 heterocycles. The molecule has 2 saturated heterocycles. The molecule has 1 N–H and O–H groups in total. The predicted molar refractivity (Wildman–Crippen MR) is 68.7 cm³/mol. The third-order valence-electron chi connectivity index (χ3n) is 4.14. The van der Waals surface area contributed by atoms with Crippen LogP contribution in [0.3, 0.4) is 0 Å². The summed E-state index contributed by atoms with van der Waals surface area (Å²) in [5.41, 5.74) is 3.52. The van der Waals surface area contributed by atoms with Gasteiger partial charge in [0, 0.05) is 44.8 Å². The summed E-state index contributed by atoms with van der Waals surface area (Å²) < 4.78 is 0. The molecule has 0 unspecified atom stereocenters. The highest BCUT2D eigenvalue weighted by molar-refractivity contribution is 5.22. The first-order valence-electron chi connectivity index (χ1n) is 6.31. The lowest BCUT2D eigenvalue weighted by Crippen LogP contribution is -2.57. The van der Waals surface area contributed by atoms with Crippen molar-refractivity contribution in [2.24, 2.45) is 0 Å². The van der Waals surface area contributed by atoms with Crippen molar-refractivity contribution in [3.05, 3.63) is 11.1 Å². The van der Waals surface area contributed by atoms with E-state index in [1.54, 1.807) is 11.1 Å². The van der Waals surface area contributed by atoms with Crippen LogP contribution in [0.5, 0.6) is 0 Å². The van der Waals surface area contributed by atoms with Gasteiger partial charge in [-0.15, -0.1) is 0 Å². The Kier molecular flexibility index (Phi) is 3.38. The van der Waals surface area contributed by atoms with Gasteiger partial charge in [-0.05, 0) is 33.4 Å². The first-order valence-corrected chi connectivity index (χ1v) is 6.31.